The van der Waals surface area contributed by atoms with E-state index in [2.05, 4.69) is 5.32 Å². The number of thioether (sulfide) groups is 1. The minimum atomic E-state index is -0.870. The van der Waals surface area contributed by atoms with Crippen molar-refractivity contribution >= 4 is 35.0 Å². The van der Waals surface area contributed by atoms with Crippen molar-refractivity contribution in [3.8, 4) is 0 Å². The SMILES string of the molecule is CCCC(CC(=O)O)NC(=O)c1cc2c(s1)CCSC2. The van der Waals surface area contributed by atoms with E-state index in [0.717, 1.165) is 24.3 Å². The number of carboxylic acid groups (broad SMARTS) is 1. The third-order valence-corrected chi connectivity index (χ3v) is 5.49. The fourth-order valence-electron chi connectivity index (χ4n) is 2.30. The van der Waals surface area contributed by atoms with E-state index in [-0.39, 0.29) is 18.4 Å². The zero-order valence-electron chi connectivity index (χ0n) is 11.5. The molecule has 0 fully saturated rings. The molecule has 1 atom stereocenters. The van der Waals surface area contributed by atoms with Crippen LogP contribution in [0.2, 0.25) is 0 Å². The average Bonchev–Trinajstić information content (AvgIpc) is 2.82. The first kappa shape index (κ1) is 15.4. The number of carboxylic acids is 1. The molecule has 0 aromatic carbocycles. The Morgan fingerprint density at radius 2 is 2.30 bits per heavy atom. The number of aliphatic carboxylic acids is 1. The van der Waals surface area contributed by atoms with Crippen LogP contribution in [0.1, 0.15) is 46.3 Å². The van der Waals surface area contributed by atoms with Gasteiger partial charge in [-0.2, -0.15) is 11.8 Å². The number of thiophene rings is 1. The zero-order valence-corrected chi connectivity index (χ0v) is 13.1. The Morgan fingerprint density at radius 1 is 1.50 bits per heavy atom. The molecule has 110 valence electrons. The van der Waals surface area contributed by atoms with Gasteiger partial charge in [-0.05, 0) is 30.2 Å². The maximum atomic E-state index is 12.2. The van der Waals surface area contributed by atoms with Crippen molar-refractivity contribution in [2.24, 2.45) is 0 Å². The van der Waals surface area contributed by atoms with E-state index in [1.807, 2.05) is 24.8 Å². The molecule has 0 spiro atoms. The molecule has 1 amide bonds. The van der Waals surface area contributed by atoms with Gasteiger partial charge in [-0.3, -0.25) is 9.59 Å². The fraction of sp³-hybridized carbons (Fsp3) is 0.571. The Bertz CT molecular complexity index is 475. The number of nitrogens with one attached hydrogen (secondary N) is 1. The van der Waals surface area contributed by atoms with E-state index in [1.54, 1.807) is 11.3 Å². The van der Waals surface area contributed by atoms with Crippen LogP contribution in [0.3, 0.4) is 0 Å². The second kappa shape index (κ2) is 7.13. The predicted molar refractivity (Wildman–Crippen MR) is 82.6 cm³/mol. The lowest BCUT2D eigenvalue weighted by molar-refractivity contribution is -0.137. The normalized spacial score (nSPS) is 15.4. The summed E-state index contributed by atoms with van der Waals surface area (Å²) in [5.41, 5.74) is 1.27. The largest absolute Gasteiger partial charge is 0.481 e. The van der Waals surface area contributed by atoms with Crippen LogP contribution >= 0.6 is 23.1 Å². The van der Waals surface area contributed by atoms with Gasteiger partial charge in [0.2, 0.25) is 0 Å². The summed E-state index contributed by atoms with van der Waals surface area (Å²) in [6.07, 6.45) is 2.57. The molecule has 4 nitrogen and oxygen atoms in total. The highest BCUT2D eigenvalue weighted by Crippen LogP contribution is 2.31. The summed E-state index contributed by atoms with van der Waals surface area (Å²) in [7, 11) is 0. The summed E-state index contributed by atoms with van der Waals surface area (Å²) in [5.74, 6) is 1.10. The Kier molecular flexibility index (Phi) is 5.48. The summed E-state index contributed by atoms with van der Waals surface area (Å²) < 4.78 is 0. The summed E-state index contributed by atoms with van der Waals surface area (Å²) in [4.78, 5) is 25.1. The predicted octanol–water partition coefficient (Wildman–Crippen LogP) is 2.91. The number of hydrogen-bond donors (Lipinski definition) is 2. The van der Waals surface area contributed by atoms with Crippen LogP contribution in [0.5, 0.6) is 0 Å². The standard InChI is InChI=1S/C14H19NO3S2/c1-2-3-10(7-13(16)17)15-14(18)12-6-9-8-19-5-4-11(9)20-12/h6,10H,2-5,7-8H2,1H3,(H,15,18)(H,16,17). The van der Waals surface area contributed by atoms with Crippen LogP contribution in [0, 0.1) is 0 Å². The van der Waals surface area contributed by atoms with Crippen LogP contribution in [0.15, 0.2) is 6.07 Å². The molecule has 1 unspecified atom stereocenters. The number of carbonyl (C=O) groups excluding carboxylic acids is 1. The van der Waals surface area contributed by atoms with E-state index < -0.39 is 5.97 Å². The number of amides is 1. The van der Waals surface area contributed by atoms with E-state index in [9.17, 15) is 9.59 Å². The van der Waals surface area contributed by atoms with Crippen molar-refractivity contribution < 1.29 is 14.7 Å². The topological polar surface area (TPSA) is 66.4 Å². The Labute approximate surface area is 127 Å². The summed E-state index contributed by atoms with van der Waals surface area (Å²) in [5, 5.41) is 11.7. The van der Waals surface area contributed by atoms with Crippen LogP contribution in [-0.4, -0.2) is 28.8 Å². The van der Waals surface area contributed by atoms with Crippen LogP contribution in [0.25, 0.3) is 0 Å². The van der Waals surface area contributed by atoms with Gasteiger partial charge in [0.15, 0.2) is 0 Å². The third kappa shape index (κ3) is 3.99. The Hall–Kier alpha value is -1.01. The number of aryl methyl sites for hydroxylation is 1. The molecule has 2 N–H and O–H groups in total. The van der Waals surface area contributed by atoms with E-state index in [0.29, 0.717) is 11.3 Å². The van der Waals surface area contributed by atoms with E-state index >= 15 is 0 Å². The second-order valence-corrected chi connectivity index (χ2v) is 7.16. The molecule has 0 bridgehead atoms. The zero-order chi connectivity index (χ0) is 14.5. The maximum absolute atomic E-state index is 12.2. The lowest BCUT2D eigenvalue weighted by atomic mass is 10.1. The molecule has 1 aromatic rings. The molecule has 1 aromatic heterocycles. The lowest BCUT2D eigenvalue weighted by Gasteiger charge is -2.15. The van der Waals surface area contributed by atoms with Crippen molar-refractivity contribution in [2.75, 3.05) is 5.75 Å². The highest BCUT2D eigenvalue weighted by molar-refractivity contribution is 7.98. The number of hydrogen-bond acceptors (Lipinski definition) is 4. The van der Waals surface area contributed by atoms with Gasteiger partial charge in [-0.25, -0.2) is 0 Å². The number of rotatable bonds is 6. The Balaban J connectivity index is 2.02. The summed E-state index contributed by atoms with van der Waals surface area (Å²) in [6, 6.07) is 1.68. The van der Waals surface area contributed by atoms with Gasteiger partial charge >= 0.3 is 5.97 Å². The van der Waals surface area contributed by atoms with Crippen LogP contribution in [0.4, 0.5) is 0 Å². The first-order chi connectivity index (χ1) is 9.60. The molecule has 2 rings (SSSR count). The highest BCUT2D eigenvalue weighted by Gasteiger charge is 2.20. The fourth-order valence-corrected chi connectivity index (χ4v) is 4.58. The first-order valence-electron chi connectivity index (χ1n) is 6.82. The number of fused-ring (bicyclic) bond motifs is 1. The molecule has 0 aliphatic carbocycles. The molecule has 20 heavy (non-hydrogen) atoms. The van der Waals surface area contributed by atoms with Crippen LogP contribution in [-0.2, 0) is 17.0 Å². The molecule has 6 heteroatoms. The number of carbonyl (C=O) groups is 2. The second-order valence-electron chi connectivity index (χ2n) is 4.92. The maximum Gasteiger partial charge on any atom is 0.305 e. The monoisotopic (exact) mass is 313 g/mol. The average molecular weight is 313 g/mol. The van der Waals surface area contributed by atoms with Crippen molar-refractivity contribution in [1.29, 1.82) is 0 Å². The smallest absolute Gasteiger partial charge is 0.305 e. The van der Waals surface area contributed by atoms with Gasteiger partial charge in [0.1, 0.15) is 0 Å². The third-order valence-electron chi connectivity index (χ3n) is 3.24. The molecule has 1 aliphatic heterocycles. The lowest BCUT2D eigenvalue weighted by Crippen LogP contribution is -2.36. The minimum Gasteiger partial charge on any atom is -0.481 e. The van der Waals surface area contributed by atoms with Gasteiger partial charge in [-0.15, -0.1) is 11.3 Å². The molecule has 0 saturated carbocycles. The van der Waals surface area contributed by atoms with Gasteiger partial charge in [0.25, 0.3) is 5.91 Å². The van der Waals surface area contributed by atoms with Gasteiger partial charge in [-0.1, -0.05) is 13.3 Å². The molecular formula is C14H19NO3S2. The van der Waals surface area contributed by atoms with E-state index in [4.69, 9.17) is 5.11 Å². The molecule has 1 aliphatic rings. The molecule has 2 heterocycles. The quantitative estimate of drug-likeness (QED) is 0.847. The van der Waals surface area contributed by atoms with Crippen molar-refractivity contribution in [1.82, 2.24) is 5.32 Å². The van der Waals surface area contributed by atoms with Crippen molar-refractivity contribution in [2.45, 2.75) is 44.4 Å². The van der Waals surface area contributed by atoms with Gasteiger partial charge in [0.05, 0.1) is 11.3 Å². The molecular weight excluding hydrogens is 294 g/mol. The highest BCUT2D eigenvalue weighted by atomic mass is 32.2. The Morgan fingerprint density at radius 3 is 2.95 bits per heavy atom. The van der Waals surface area contributed by atoms with Crippen molar-refractivity contribution in [3.63, 3.8) is 0 Å². The molecule has 0 saturated heterocycles. The van der Waals surface area contributed by atoms with Crippen molar-refractivity contribution in [3.05, 3.63) is 21.4 Å². The first-order valence-corrected chi connectivity index (χ1v) is 8.79. The van der Waals surface area contributed by atoms with E-state index in [1.165, 1.54) is 10.4 Å². The van der Waals surface area contributed by atoms with Crippen LogP contribution < -0.4 is 5.32 Å². The van der Waals surface area contributed by atoms with Gasteiger partial charge in [0, 0.05) is 16.7 Å². The molecule has 0 radical (unpaired) electrons. The summed E-state index contributed by atoms with van der Waals surface area (Å²) in [6.45, 7) is 1.99. The minimum absolute atomic E-state index is 0.0134. The van der Waals surface area contributed by atoms with Gasteiger partial charge < -0.3 is 10.4 Å². The summed E-state index contributed by atoms with van der Waals surface area (Å²) >= 11 is 3.44.